The Morgan fingerprint density at radius 3 is 2.17 bits per heavy atom. The van der Waals surface area contributed by atoms with Gasteiger partial charge in [0.1, 0.15) is 0 Å². The summed E-state index contributed by atoms with van der Waals surface area (Å²) in [6.07, 6.45) is -1.49. The summed E-state index contributed by atoms with van der Waals surface area (Å²) >= 11 is 0. The molecule has 0 aromatic heterocycles. The van der Waals surface area contributed by atoms with Gasteiger partial charge in [-0.3, -0.25) is 0 Å². The number of rotatable bonds is 3. The highest BCUT2D eigenvalue weighted by Crippen LogP contribution is 2.24. The van der Waals surface area contributed by atoms with Crippen molar-refractivity contribution in [3.05, 3.63) is 36.5 Å². The average molecular weight is 176 g/mol. The highest BCUT2D eigenvalue weighted by Gasteiger charge is 2.29. The zero-order valence-electron chi connectivity index (χ0n) is 6.91. The van der Waals surface area contributed by atoms with E-state index in [-0.39, 0.29) is 0 Å². The Morgan fingerprint density at radius 2 is 1.83 bits per heavy atom. The molecule has 0 unspecified atom stereocenters. The highest BCUT2D eigenvalue weighted by atomic mass is 19.4. The fourth-order valence-electron chi connectivity index (χ4n) is 0.497. The van der Waals surface area contributed by atoms with Crippen LogP contribution in [0.15, 0.2) is 36.5 Å². The van der Waals surface area contributed by atoms with Crippen molar-refractivity contribution in [2.45, 2.75) is 19.5 Å². The van der Waals surface area contributed by atoms with E-state index >= 15 is 0 Å². The molecule has 0 aromatic rings. The van der Waals surface area contributed by atoms with Gasteiger partial charge in [-0.1, -0.05) is 30.9 Å². The molecule has 0 aliphatic carbocycles. The molecule has 0 N–H and O–H groups in total. The van der Waals surface area contributed by atoms with Crippen LogP contribution in [0.4, 0.5) is 13.2 Å². The van der Waals surface area contributed by atoms with Gasteiger partial charge in [0.2, 0.25) is 0 Å². The minimum absolute atomic E-state index is 0.453. The first-order valence-electron chi connectivity index (χ1n) is 3.41. The van der Waals surface area contributed by atoms with E-state index in [1.807, 2.05) is 0 Å². The van der Waals surface area contributed by atoms with E-state index in [2.05, 4.69) is 13.2 Å². The maximum Gasteiger partial charge on any atom is 0.415 e. The van der Waals surface area contributed by atoms with Crippen LogP contribution in [-0.2, 0) is 0 Å². The Labute approximate surface area is 70.1 Å². The van der Waals surface area contributed by atoms with Gasteiger partial charge in [0.15, 0.2) is 0 Å². The van der Waals surface area contributed by atoms with Crippen LogP contribution in [0.3, 0.4) is 0 Å². The second-order valence-corrected chi connectivity index (χ2v) is 2.59. The average Bonchev–Trinajstić information content (AvgIpc) is 1.84. The lowest BCUT2D eigenvalue weighted by atomic mass is 10.2. The van der Waals surface area contributed by atoms with Crippen LogP contribution in [0.1, 0.15) is 13.3 Å². The first-order chi connectivity index (χ1) is 5.34. The lowest BCUT2D eigenvalue weighted by Gasteiger charge is -2.04. The molecular formula is C9H11F3. The summed E-state index contributed by atoms with van der Waals surface area (Å²) in [5.41, 5.74) is -0.00928. The van der Waals surface area contributed by atoms with Gasteiger partial charge in [0.25, 0.3) is 0 Å². The molecule has 0 nitrogen and oxygen atoms in total. The number of alkyl halides is 3. The van der Waals surface area contributed by atoms with Crippen LogP contribution < -0.4 is 0 Å². The van der Waals surface area contributed by atoms with Crippen LogP contribution in [0.2, 0.25) is 0 Å². The molecule has 0 aliphatic rings. The normalized spacial score (nSPS) is 12.0. The summed E-state index contributed by atoms with van der Waals surface area (Å²) in [6.45, 7) is 8.18. The fraction of sp³-hybridized carbons (Fsp3) is 0.333. The molecule has 0 aromatic carbocycles. The van der Waals surface area contributed by atoms with Gasteiger partial charge in [0, 0.05) is 5.57 Å². The standard InChI is InChI=1S/C9H11F3/c1-7(2)5-4-6-8(3)9(10,11)12/h4,6H,1,3,5H2,2H3/b6-4-. The molecule has 0 rings (SSSR count). The monoisotopic (exact) mass is 176 g/mol. The first kappa shape index (κ1) is 11.0. The highest BCUT2D eigenvalue weighted by molar-refractivity contribution is 5.20. The Bertz CT molecular complexity index is 208. The maximum atomic E-state index is 11.8. The van der Waals surface area contributed by atoms with E-state index in [0.717, 1.165) is 11.6 Å². The third kappa shape index (κ3) is 4.77. The maximum absolute atomic E-state index is 11.8. The predicted octanol–water partition coefficient (Wildman–Crippen LogP) is 3.63. The molecule has 0 atom stereocenters. The van der Waals surface area contributed by atoms with Crippen molar-refractivity contribution >= 4 is 0 Å². The van der Waals surface area contributed by atoms with Crippen molar-refractivity contribution < 1.29 is 13.2 Å². The zero-order chi connectivity index (χ0) is 9.78. The quantitative estimate of drug-likeness (QED) is 0.455. The molecule has 0 amide bonds. The SMILES string of the molecule is C=C(C)C/C=C\C(=C)C(F)(F)F. The summed E-state index contributed by atoms with van der Waals surface area (Å²) < 4.78 is 35.4. The van der Waals surface area contributed by atoms with Gasteiger partial charge in [-0.2, -0.15) is 13.2 Å². The van der Waals surface area contributed by atoms with Crippen LogP contribution in [-0.4, -0.2) is 6.18 Å². The van der Waals surface area contributed by atoms with Gasteiger partial charge >= 0.3 is 6.18 Å². The number of hydrogen-bond donors (Lipinski definition) is 0. The molecule has 3 heteroatoms. The van der Waals surface area contributed by atoms with E-state index in [9.17, 15) is 13.2 Å². The molecular weight excluding hydrogens is 165 g/mol. The van der Waals surface area contributed by atoms with E-state index in [4.69, 9.17) is 0 Å². The minimum atomic E-state index is -4.31. The summed E-state index contributed by atoms with van der Waals surface area (Å²) in [6, 6.07) is 0. The Balaban J connectivity index is 4.02. The number of allylic oxidation sites excluding steroid dienone is 4. The largest absolute Gasteiger partial charge is 0.415 e. The Kier molecular flexibility index (Phi) is 3.80. The van der Waals surface area contributed by atoms with E-state index in [0.29, 0.717) is 6.42 Å². The van der Waals surface area contributed by atoms with Crippen molar-refractivity contribution in [2.75, 3.05) is 0 Å². The van der Waals surface area contributed by atoms with Gasteiger partial charge in [-0.15, -0.1) is 0 Å². The van der Waals surface area contributed by atoms with Crippen molar-refractivity contribution in [2.24, 2.45) is 0 Å². The molecule has 68 valence electrons. The molecule has 0 aliphatic heterocycles. The molecule has 0 radical (unpaired) electrons. The Morgan fingerprint density at radius 1 is 1.33 bits per heavy atom. The van der Waals surface area contributed by atoms with Crippen molar-refractivity contribution in [1.29, 1.82) is 0 Å². The van der Waals surface area contributed by atoms with Crippen molar-refractivity contribution in [3.63, 3.8) is 0 Å². The third-order valence-corrected chi connectivity index (χ3v) is 1.15. The van der Waals surface area contributed by atoms with E-state index in [1.54, 1.807) is 6.92 Å². The number of halogens is 3. The molecule has 0 heterocycles. The van der Waals surface area contributed by atoms with Crippen LogP contribution in [0.5, 0.6) is 0 Å². The summed E-state index contributed by atoms with van der Waals surface area (Å²) in [7, 11) is 0. The summed E-state index contributed by atoms with van der Waals surface area (Å²) in [5, 5.41) is 0. The van der Waals surface area contributed by atoms with E-state index < -0.39 is 11.7 Å². The topological polar surface area (TPSA) is 0 Å². The lowest BCUT2D eigenvalue weighted by Crippen LogP contribution is -2.08. The van der Waals surface area contributed by atoms with Crippen LogP contribution in [0, 0.1) is 0 Å². The molecule has 12 heavy (non-hydrogen) atoms. The lowest BCUT2D eigenvalue weighted by molar-refractivity contribution is -0.0878. The zero-order valence-corrected chi connectivity index (χ0v) is 6.91. The predicted molar refractivity (Wildman–Crippen MR) is 43.8 cm³/mol. The number of hydrogen-bond acceptors (Lipinski definition) is 0. The molecule has 0 spiro atoms. The van der Waals surface area contributed by atoms with Gasteiger partial charge in [0.05, 0.1) is 0 Å². The third-order valence-electron chi connectivity index (χ3n) is 1.15. The molecule has 0 saturated carbocycles. The first-order valence-corrected chi connectivity index (χ1v) is 3.41. The minimum Gasteiger partial charge on any atom is -0.166 e. The Hall–Kier alpha value is -0.990. The fourth-order valence-corrected chi connectivity index (χ4v) is 0.497. The van der Waals surface area contributed by atoms with Crippen LogP contribution >= 0.6 is 0 Å². The van der Waals surface area contributed by atoms with E-state index in [1.165, 1.54) is 6.08 Å². The molecule has 0 saturated heterocycles. The molecule has 0 fully saturated rings. The van der Waals surface area contributed by atoms with Gasteiger partial charge in [-0.25, -0.2) is 0 Å². The van der Waals surface area contributed by atoms with Crippen LogP contribution in [0.25, 0.3) is 0 Å². The second kappa shape index (κ2) is 4.14. The summed E-state index contributed by atoms with van der Waals surface area (Å²) in [4.78, 5) is 0. The van der Waals surface area contributed by atoms with Gasteiger partial charge in [-0.05, 0) is 13.3 Å². The summed E-state index contributed by atoms with van der Waals surface area (Å²) in [5.74, 6) is 0. The van der Waals surface area contributed by atoms with Gasteiger partial charge < -0.3 is 0 Å². The molecule has 0 bridgehead atoms. The smallest absolute Gasteiger partial charge is 0.166 e. The second-order valence-electron chi connectivity index (χ2n) is 2.59. The van der Waals surface area contributed by atoms with Crippen molar-refractivity contribution in [3.8, 4) is 0 Å². The van der Waals surface area contributed by atoms with Crippen molar-refractivity contribution in [1.82, 2.24) is 0 Å².